The fraction of sp³-hybridized carbons (Fsp3) is 0.100. The van der Waals surface area contributed by atoms with Crippen LogP contribution in [0.4, 0.5) is 0 Å². The number of allylic oxidation sites excluding steroid dienone is 5. The first-order valence-electron chi connectivity index (χ1n) is 3.69. The van der Waals surface area contributed by atoms with E-state index in [2.05, 4.69) is 0 Å². The molecule has 0 spiro atoms. The molecule has 0 aliphatic heterocycles. The van der Waals surface area contributed by atoms with Crippen LogP contribution in [-0.4, -0.2) is 11.8 Å². The van der Waals surface area contributed by atoms with E-state index in [1.165, 1.54) is 25.5 Å². The highest BCUT2D eigenvalue weighted by molar-refractivity contribution is 5.87. The van der Waals surface area contributed by atoms with Gasteiger partial charge in [-0.3, -0.25) is 4.79 Å². The van der Waals surface area contributed by atoms with Gasteiger partial charge in [0.2, 0.25) is 0 Å². The Balaban J connectivity index is 3.65. The number of carbonyl (C=O) groups excluding carboxylic acids is 2. The molecule has 0 aliphatic rings. The van der Waals surface area contributed by atoms with Crippen LogP contribution in [0.5, 0.6) is 0 Å². The molecule has 0 N–H and O–H groups in total. The summed E-state index contributed by atoms with van der Waals surface area (Å²) in [5.74, 6) is -1.26. The average molecular weight is 178 g/mol. The van der Waals surface area contributed by atoms with Gasteiger partial charge in [-0.1, -0.05) is 0 Å². The molecular weight excluding hydrogens is 168 g/mol. The van der Waals surface area contributed by atoms with Crippen LogP contribution >= 0.6 is 0 Å². The molecule has 0 saturated heterocycles. The Kier molecular flexibility index (Phi) is 5.97. The van der Waals surface area contributed by atoms with Gasteiger partial charge in [-0.15, -0.1) is 0 Å². The SMILES string of the molecule is CC(=O)/C=C\C=C[CH+]/C=C\C(=O)[O-]. The van der Waals surface area contributed by atoms with Gasteiger partial charge < -0.3 is 9.90 Å². The van der Waals surface area contributed by atoms with E-state index < -0.39 is 5.97 Å². The number of hydrogen-bond donors (Lipinski definition) is 0. The van der Waals surface area contributed by atoms with Crippen molar-refractivity contribution in [3.63, 3.8) is 0 Å². The summed E-state index contributed by atoms with van der Waals surface area (Å²) in [6, 6.07) is 0. The summed E-state index contributed by atoms with van der Waals surface area (Å²) in [4.78, 5) is 20.3. The van der Waals surface area contributed by atoms with E-state index in [9.17, 15) is 14.7 Å². The topological polar surface area (TPSA) is 57.2 Å². The Bertz CT molecular complexity index is 259. The maximum atomic E-state index is 10.4. The molecular formula is C10H10O3. The molecule has 0 bridgehead atoms. The summed E-state index contributed by atoms with van der Waals surface area (Å²) < 4.78 is 0. The first kappa shape index (κ1) is 11.2. The maximum Gasteiger partial charge on any atom is 0.153 e. The van der Waals surface area contributed by atoms with E-state index >= 15 is 0 Å². The van der Waals surface area contributed by atoms with E-state index in [1.807, 2.05) is 0 Å². The molecule has 0 aliphatic carbocycles. The second-order valence-electron chi connectivity index (χ2n) is 2.23. The summed E-state index contributed by atoms with van der Waals surface area (Å²) in [5, 5.41) is 9.88. The van der Waals surface area contributed by atoms with E-state index in [0.29, 0.717) is 0 Å². The van der Waals surface area contributed by atoms with Gasteiger partial charge in [-0.2, -0.15) is 0 Å². The van der Waals surface area contributed by atoms with Gasteiger partial charge >= 0.3 is 0 Å². The van der Waals surface area contributed by atoms with Crippen LogP contribution in [0.3, 0.4) is 0 Å². The number of ketones is 1. The summed E-state index contributed by atoms with van der Waals surface area (Å²) in [7, 11) is 0. The molecule has 0 aromatic heterocycles. The number of hydrogen-bond acceptors (Lipinski definition) is 3. The van der Waals surface area contributed by atoms with Gasteiger partial charge in [-0.05, 0) is 19.1 Å². The lowest BCUT2D eigenvalue weighted by Gasteiger charge is -1.80. The lowest BCUT2D eigenvalue weighted by atomic mass is 10.3. The third-order valence-electron chi connectivity index (χ3n) is 1.01. The number of carbonyl (C=O) groups is 2. The fourth-order valence-electron chi connectivity index (χ4n) is 0.518. The predicted octanol–water partition coefficient (Wildman–Crippen LogP) is 0.198. The monoisotopic (exact) mass is 178 g/mol. The molecule has 0 amide bonds. The van der Waals surface area contributed by atoms with Gasteiger partial charge in [-0.25, -0.2) is 0 Å². The smallest absolute Gasteiger partial charge is 0.153 e. The minimum atomic E-state index is -1.23. The molecule has 13 heavy (non-hydrogen) atoms. The Labute approximate surface area is 77.1 Å². The highest BCUT2D eigenvalue weighted by Crippen LogP contribution is 1.85. The summed E-state index contributed by atoms with van der Waals surface area (Å²) in [5.41, 5.74) is 0. The zero-order valence-corrected chi connectivity index (χ0v) is 7.27. The molecule has 68 valence electrons. The molecule has 0 fully saturated rings. The van der Waals surface area contributed by atoms with E-state index in [1.54, 1.807) is 18.2 Å². The van der Waals surface area contributed by atoms with Crippen LogP contribution in [0.2, 0.25) is 0 Å². The summed E-state index contributed by atoms with van der Waals surface area (Å²) >= 11 is 0. The van der Waals surface area contributed by atoms with E-state index in [0.717, 1.165) is 6.08 Å². The van der Waals surface area contributed by atoms with Crippen LogP contribution in [-0.2, 0) is 9.59 Å². The second kappa shape index (κ2) is 6.91. The molecule has 0 radical (unpaired) electrons. The zero-order valence-electron chi connectivity index (χ0n) is 7.27. The lowest BCUT2D eigenvalue weighted by Crippen LogP contribution is -2.18. The Morgan fingerprint density at radius 2 is 1.85 bits per heavy atom. The van der Waals surface area contributed by atoms with Crippen molar-refractivity contribution >= 4 is 11.8 Å². The summed E-state index contributed by atoms with van der Waals surface area (Å²) in [6.07, 6.45) is 10.0. The van der Waals surface area contributed by atoms with Crippen LogP contribution < -0.4 is 5.11 Å². The van der Waals surface area contributed by atoms with Crippen molar-refractivity contribution in [2.45, 2.75) is 6.92 Å². The summed E-state index contributed by atoms with van der Waals surface area (Å²) in [6.45, 7) is 1.45. The first-order chi connectivity index (χ1) is 6.13. The lowest BCUT2D eigenvalue weighted by molar-refractivity contribution is -0.297. The number of carboxylic acid groups (broad SMARTS) is 1. The van der Waals surface area contributed by atoms with Crippen molar-refractivity contribution < 1.29 is 14.7 Å². The van der Waals surface area contributed by atoms with Crippen LogP contribution in [0.25, 0.3) is 0 Å². The Morgan fingerprint density at radius 3 is 2.38 bits per heavy atom. The molecule has 0 unspecified atom stereocenters. The number of aliphatic carboxylic acids is 1. The second-order valence-corrected chi connectivity index (χ2v) is 2.23. The van der Waals surface area contributed by atoms with Crippen LogP contribution in [0.15, 0.2) is 36.5 Å². The normalized spacial score (nSPS) is 11.5. The predicted molar refractivity (Wildman–Crippen MR) is 47.4 cm³/mol. The van der Waals surface area contributed by atoms with E-state index in [4.69, 9.17) is 0 Å². The maximum absolute atomic E-state index is 10.4. The highest BCUT2D eigenvalue weighted by atomic mass is 16.4. The van der Waals surface area contributed by atoms with Gasteiger partial charge in [0.05, 0.1) is 0 Å². The van der Waals surface area contributed by atoms with Crippen LogP contribution in [0, 0.1) is 6.42 Å². The van der Waals surface area contributed by atoms with E-state index in [-0.39, 0.29) is 5.78 Å². The van der Waals surface area contributed by atoms with Gasteiger partial charge in [0.1, 0.15) is 5.97 Å². The van der Waals surface area contributed by atoms with Gasteiger partial charge in [0, 0.05) is 30.7 Å². The van der Waals surface area contributed by atoms with Crippen molar-refractivity contribution in [1.82, 2.24) is 0 Å². The molecule has 3 heteroatoms. The van der Waals surface area contributed by atoms with Crippen molar-refractivity contribution in [2.24, 2.45) is 0 Å². The standard InChI is InChI=1S/C10H10O3/c1-9(11)7-5-3-2-4-6-8-10(12)13/h2-8H,1H3/b3-2?,7-5-,8-6-. The largest absolute Gasteiger partial charge is 0.532 e. The molecule has 0 rings (SSSR count). The number of carboxylic acids is 1. The molecule has 0 heterocycles. The van der Waals surface area contributed by atoms with Gasteiger partial charge in [0.25, 0.3) is 0 Å². The molecule has 0 atom stereocenters. The molecule has 0 saturated carbocycles. The van der Waals surface area contributed by atoms with Crippen molar-refractivity contribution in [3.05, 3.63) is 42.9 Å². The molecule has 0 aromatic rings. The van der Waals surface area contributed by atoms with Crippen molar-refractivity contribution in [1.29, 1.82) is 0 Å². The zero-order chi connectivity index (χ0) is 10.1. The minimum absolute atomic E-state index is 0.0325. The fourth-order valence-corrected chi connectivity index (χ4v) is 0.518. The third-order valence-corrected chi connectivity index (χ3v) is 1.01. The molecule has 3 nitrogen and oxygen atoms in total. The minimum Gasteiger partial charge on any atom is -0.532 e. The van der Waals surface area contributed by atoms with Crippen LogP contribution in [0.1, 0.15) is 6.92 Å². The van der Waals surface area contributed by atoms with Crippen molar-refractivity contribution in [2.75, 3.05) is 0 Å². The third kappa shape index (κ3) is 10.2. The first-order valence-corrected chi connectivity index (χ1v) is 3.69. The highest BCUT2D eigenvalue weighted by Gasteiger charge is 1.81. The Morgan fingerprint density at radius 1 is 1.15 bits per heavy atom. The van der Waals surface area contributed by atoms with Crippen molar-refractivity contribution in [3.8, 4) is 0 Å². The quantitative estimate of drug-likeness (QED) is 0.343. The average Bonchev–Trinajstić information content (AvgIpc) is 2.01. The number of rotatable bonds is 5. The Hall–Kier alpha value is -1.77. The van der Waals surface area contributed by atoms with Gasteiger partial charge in [0.15, 0.2) is 5.78 Å². The molecule has 0 aromatic carbocycles.